The van der Waals surface area contributed by atoms with Crippen molar-refractivity contribution >= 4 is 21.8 Å². The maximum absolute atomic E-state index is 12.3. The standard InChI is InChI=1S/C13H16BrNO2/c1-9-4-5-11(12(14)7-9)13(17)15-6-2-3-10(16)8-15/h4-5,7,10,16H,2-3,6,8H2,1H3. The van der Waals surface area contributed by atoms with Crippen molar-refractivity contribution in [2.24, 2.45) is 0 Å². The number of β-amino-alcohol motifs (C(OH)–C–C–N with tert-alkyl or cyclic N) is 1. The predicted molar refractivity (Wildman–Crippen MR) is 70.0 cm³/mol. The van der Waals surface area contributed by atoms with Crippen LogP contribution in [0.2, 0.25) is 0 Å². The van der Waals surface area contributed by atoms with E-state index in [2.05, 4.69) is 15.9 Å². The van der Waals surface area contributed by atoms with Crippen LogP contribution in [0.4, 0.5) is 0 Å². The molecule has 1 aliphatic rings. The molecule has 1 fully saturated rings. The van der Waals surface area contributed by atoms with Gasteiger partial charge >= 0.3 is 0 Å². The molecule has 0 saturated carbocycles. The Hall–Kier alpha value is -0.870. The Morgan fingerprint density at radius 2 is 2.29 bits per heavy atom. The van der Waals surface area contributed by atoms with Crippen molar-refractivity contribution in [1.29, 1.82) is 0 Å². The minimum Gasteiger partial charge on any atom is -0.391 e. The van der Waals surface area contributed by atoms with Gasteiger partial charge in [0.2, 0.25) is 0 Å². The first kappa shape index (κ1) is 12.6. The molecule has 0 spiro atoms. The molecule has 1 saturated heterocycles. The van der Waals surface area contributed by atoms with Crippen LogP contribution >= 0.6 is 15.9 Å². The highest BCUT2D eigenvalue weighted by Crippen LogP contribution is 2.21. The molecule has 1 aromatic carbocycles. The molecule has 0 bridgehead atoms. The molecule has 1 N–H and O–H groups in total. The maximum atomic E-state index is 12.3. The number of amides is 1. The summed E-state index contributed by atoms with van der Waals surface area (Å²) in [6, 6.07) is 5.70. The highest BCUT2D eigenvalue weighted by atomic mass is 79.9. The number of aryl methyl sites for hydroxylation is 1. The van der Waals surface area contributed by atoms with Gasteiger partial charge in [0.25, 0.3) is 5.91 Å². The van der Waals surface area contributed by atoms with Crippen LogP contribution in [-0.4, -0.2) is 35.1 Å². The van der Waals surface area contributed by atoms with Crippen LogP contribution < -0.4 is 0 Å². The maximum Gasteiger partial charge on any atom is 0.255 e. The van der Waals surface area contributed by atoms with Crippen molar-refractivity contribution in [2.75, 3.05) is 13.1 Å². The lowest BCUT2D eigenvalue weighted by atomic mass is 10.1. The number of piperidine rings is 1. The van der Waals surface area contributed by atoms with E-state index in [4.69, 9.17) is 0 Å². The topological polar surface area (TPSA) is 40.5 Å². The summed E-state index contributed by atoms with van der Waals surface area (Å²) in [5.74, 6) is -0.00405. The van der Waals surface area contributed by atoms with Crippen molar-refractivity contribution < 1.29 is 9.90 Å². The number of benzene rings is 1. The molecule has 17 heavy (non-hydrogen) atoms. The van der Waals surface area contributed by atoms with Gasteiger partial charge in [-0.05, 0) is 53.4 Å². The first-order chi connectivity index (χ1) is 8.08. The first-order valence-electron chi connectivity index (χ1n) is 5.81. The molecule has 0 aliphatic carbocycles. The lowest BCUT2D eigenvalue weighted by Gasteiger charge is -2.30. The first-order valence-corrected chi connectivity index (χ1v) is 6.60. The van der Waals surface area contributed by atoms with Gasteiger partial charge < -0.3 is 10.0 Å². The van der Waals surface area contributed by atoms with Gasteiger partial charge in [-0.1, -0.05) is 6.07 Å². The third-order valence-electron chi connectivity index (χ3n) is 3.04. The monoisotopic (exact) mass is 297 g/mol. The summed E-state index contributed by atoms with van der Waals surface area (Å²) in [6.45, 7) is 3.17. The Bertz CT molecular complexity index is 433. The lowest BCUT2D eigenvalue weighted by molar-refractivity contribution is 0.0473. The predicted octanol–water partition coefficient (Wildman–Crippen LogP) is 2.35. The summed E-state index contributed by atoms with van der Waals surface area (Å²) < 4.78 is 0.822. The molecule has 92 valence electrons. The number of halogens is 1. The molecule has 2 rings (SSSR count). The molecule has 0 radical (unpaired) electrons. The largest absolute Gasteiger partial charge is 0.391 e. The Morgan fingerprint density at radius 3 is 2.94 bits per heavy atom. The minimum absolute atomic E-state index is 0.00405. The summed E-state index contributed by atoms with van der Waals surface area (Å²) >= 11 is 3.42. The number of rotatable bonds is 1. The van der Waals surface area contributed by atoms with E-state index in [-0.39, 0.29) is 12.0 Å². The van der Waals surface area contributed by atoms with E-state index in [1.165, 1.54) is 0 Å². The Kier molecular flexibility index (Phi) is 3.84. The number of carbonyl (C=O) groups is 1. The van der Waals surface area contributed by atoms with Gasteiger partial charge in [-0.15, -0.1) is 0 Å². The van der Waals surface area contributed by atoms with Crippen molar-refractivity contribution in [3.05, 3.63) is 33.8 Å². The average molecular weight is 298 g/mol. The molecule has 4 heteroatoms. The van der Waals surface area contributed by atoms with Gasteiger partial charge in [-0.3, -0.25) is 4.79 Å². The van der Waals surface area contributed by atoms with E-state index in [0.29, 0.717) is 12.1 Å². The summed E-state index contributed by atoms with van der Waals surface area (Å²) in [5.41, 5.74) is 1.79. The molecule has 1 aromatic rings. The molecular formula is C13H16BrNO2. The van der Waals surface area contributed by atoms with E-state index < -0.39 is 0 Å². The second-order valence-electron chi connectivity index (χ2n) is 4.53. The Morgan fingerprint density at radius 1 is 1.53 bits per heavy atom. The van der Waals surface area contributed by atoms with Gasteiger partial charge in [0.15, 0.2) is 0 Å². The fourth-order valence-electron chi connectivity index (χ4n) is 2.10. The van der Waals surface area contributed by atoms with Gasteiger partial charge in [0.1, 0.15) is 0 Å². The van der Waals surface area contributed by atoms with E-state index in [0.717, 1.165) is 29.4 Å². The van der Waals surface area contributed by atoms with Crippen LogP contribution in [0.5, 0.6) is 0 Å². The zero-order valence-electron chi connectivity index (χ0n) is 9.82. The minimum atomic E-state index is -0.378. The van der Waals surface area contributed by atoms with Gasteiger partial charge in [-0.25, -0.2) is 0 Å². The quantitative estimate of drug-likeness (QED) is 0.864. The second-order valence-corrected chi connectivity index (χ2v) is 5.38. The van der Waals surface area contributed by atoms with Crippen molar-refractivity contribution in [3.63, 3.8) is 0 Å². The number of hydrogen-bond acceptors (Lipinski definition) is 2. The smallest absolute Gasteiger partial charge is 0.255 e. The molecule has 1 aliphatic heterocycles. The highest BCUT2D eigenvalue weighted by Gasteiger charge is 2.24. The van der Waals surface area contributed by atoms with E-state index in [9.17, 15) is 9.90 Å². The van der Waals surface area contributed by atoms with E-state index in [1.807, 2.05) is 25.1 Å². The number of nitrogens with zero attached hydrogens (tertiary/aromatic N) is 1. The SMILES string of the molecule is Cc1ccc(C(=O)N2CCCC(O)C2)c(Br)c1. The lowest BCUT2D eigenvalue weighted by Crippen LogP contribution is -2.42. The molecule has 1 heterocycles. The van der Waals surface area contributed by atoms with E-state index in [1.54, 1.807) is 4.90 Å². The Balaban J connectivity index is 2.18. The summed E-state index contributed by atoms with van der Waals surface area (Å²) in [6.07, 6.45) is 1.28. The summed E-state index contributed by atoms with van der Waals surface area (Å²) in [4.78, 5) is 14.0. The third kappa shape index (κ3) is 2.87. The van der Waals surface area contributed by atoms with Gasteiger partial charge in [0.05, 0.1) is 11.7 Å². The number of carbonyl (C=O) groups excluding carboxylic acids is 1. The van der Waals surface area contributed by atoms with Crippen molar-refractivity contribution in [2.45, 2.75) is 25.9 Å². The fraction of sp³-hybridized carbons (Fsp3) is 0.462. The third-order valence-corrected chi connectivity index (χ3v) is 3.69. The highest BCUT2D eigenvalue weighted by molar-refractivity contribution is 9.10. The van der Waals surface area contributed by atoms with E-state index >= 15 is 0 Å². The van der Waals surface area contributed by atoms with Crippen LogP contribution in [0.3, 0.4) is 0 Å². The van der Waals surface area contributed by atoms with Crippen LogP contribution in [0.1, 0.15) is 28.8 Å². The van der Waals surface area contributed by atoms with Crippen molar-refractivity contribution in [3.8, 4) is 0 Å². The van der Waals surface area contributed by atoms with Crippen molar-refractivity contribution in [1.82, 2.24) is 4.90 Å². The summed E-state index contributed by atoms with van der Waals surface area (Å²) in [5, 5.41) is 9.58. The van der Waals surface area contributed by atoms with Gasteiger partial charge in [0, 0.05) is 17.6 Å². The van der Waals surface area contributed by atoms with Gasteiger partial charge in [-0.2, -0.15) is 0 Å². The fourth-order valence-corrected chi connectivity index (χ4v) is 2.77. The molecule has 3 nitrogen and oxygen atoms in total. The normalized spacial score (nSPS) is 20.4. The average Bonchev–Trinajstić information content (AvgIpc) is 2.28. The molecule has 0 aromatic heterocycles. The zero-order chi connectivity index (χ0) is 12.4. The number of aliphatic hydroxyl groups is 1. The second kappa shape index (κ2) is 5.19. The zero-order valence-corrected chi connectivity index (χ0v) is 11.4. The van der Waals surface area contributed by atoms with Crippen LogP contribution in [0.25, 0.3) is 0 Å². The number of hydrogen-bond donors (Lipinski definition) is 1. The number of likely N-dealkylation sites (tertiary alicyclic amines) is 1. The van der Waals surface area contributed by atoms with Crippen LogP contribution in [0.15, 0.2) is 22.7 Å². The molecule has 1 unspecified atom stereocenters. The van der Waals surface area contributed by atoms with Crippen LogP contribution in [0, 0.1) is 6.92 Å². The molecule has 1 atom stereocenters. The van der Waals surface area contributed by atoms with Crippen LogP contribution in [-0.2, 0) is 0 Å². The molecule has 1 amide bonds. The summed E-state index contributed by atoms with van der Waals surface area (Å²) in [7, 11) is 0. The Labute approximate surface area is 110 Å². The molecular weight excluding hydrogens is 282 g/mol. The number of aliphatic hydroxyl groups excluding tert-OH is 1.